The number of benzene rings is 2. The van der Waals surface area contributed by atoms with Crippen LogP contribution in [-0.2, 0) is 34.2 Å². The molecule has 3 aromatic rings. The summed E-state index contributed by atoms with van der Waals surface area (Å²) < 4.78 is 66.5. The smallest absolute Gasteiger partial charge is 0.447 e. The number of nitrogens with one attached hydrogen (secondary N) is 2. The summed E-state index contributed by atoms with van der Waals surface area (Å²) in [5.41, 5.74) is 3.35. The number of ether oxygens (including phenoxy) is 1. The summed E-state index contributed by atoms with van der Waals surface area (Å²) in [7, 11) is -3.96. The minimum atomic E-state index is -3.96. The van der Waals surface area contributed by atoms with Gasteiger partial charge in [0.1, 0.15) is 6.61 Å². The van der Waals surface area contributed by atoms with Crippen LogP contribution in [0.15, 0.2) is 59.1 Å². The average Bonchev–Trinajstić information content (AvgIpc) is 3.46. The van der Waals surface area contributed by atoms with Gasteiger partial charge in [-0.15, -0.1) is 0 Å². The number of nitrogens with zero attached hydrogens (tertiary/aromatic N) is 2. The van der Waals surface area contributed by atoms with Crippen LogP contribution in [0.3, 0.4) is 0 Å². The van der Waals surface area contributed by atoms with E-state index >= 15 is 0 Å². The number of hydrogen-bond acceptors (Lipinski definition) is 11. The van der Waals surface area contributed by atoms with Gasteiger partial charge in [-0.05, 0) is 19.9 Å². The van der Waals surface area contributed by atoms with Crippen LogP contribution < -0.4 is 10.7 Å². The molecular weight excluding hydrogens is 605 g/mol. The third-order valence-electron chi connectivity index (χ3n) is 5.92. The van der Waals surface area contributed by atoms with Crippen LogP contribution in [0.2, 0.25) is 0 Å². The van der Waals surface area contributed by atoms with E-state index in [1.54, 1.807) is 26.0 Å². The molecule has 2 aromatic carbocycles. The van der Waals surface area contributed by atoms with Gasteiger partial charge in [0.2, 0.25) is 5.91 Å². The molecule has 3 N–H and O–H groups in total. The molecule has 0 aliphatic heterocycles. The van der Waals surface area contributed by atoms with Crippen molar-refractivity contribution in [2.24, 2.45) is 0 Å². The third kappa shape index (κ3) is 10.5. The van der Waals surface area contributed by atoms with Crippen molar-refractivity contribution in [1.82, 2.24) is 15.6 Å². The Bertz CT molecular complexity index is 1400. The van der Waals surface area contributed by atoms with Crippen molar-refractivity contribution in [1.29, 1.82) is 0 Å². The number of phosphoric ester groups is 1. The second-order valence-electron chi connectivity index (χ2n) is 9.22. The van der Waals surface area contributed by atoms with Gasteiger partial charge in [-0.1, -0.05) is 47.6 Å². The predicted molar refractivity (Wildman–Crippen MR) is 154 cm³/mol. The van der Waals surface area contributed by atoms with Gasteiger partial charge in [0.15, 0.2) is 23.2 Å². The van der Waals surface area contributed by atoms with E-state index in [9.17, 15) is 28.0 Å². The molecule has 2 amide bonds. The molecule has 0 spiro atoms. The van der Waals surface area contributed by atoms with Crippen molar-refractivity contribution >= 4 is 25.6 Å². The molecule has 44 heavy (non-hydrogen) atoms. The van der Waals surface area contributed by atoms with Gasteiger partial charge in [0, 0.05) is 37.1 Å². The second-order valence-corrected chi connectivity index (χ2v) is 10.9. The van der Waals surface area contributed by atoms with Gasteiger partial charge in [0.25, 0.3) is 0 Å². The van der Waals surface area contributed by atoms with Crippen LogP contribution in [0, 0.1) is 11.6 Å². The minimum Gasteiger partial charge on any atom is -0.447 e. The van der Waals surface area contributed by atoms with Gasteiger partial charge >= 0.3 is 13.9 Å². The van der Waals surface area contributed by atoms with Gasteiger partial charge in [-0.3, -0.25) is 28.7 Å². The number of aliphatic hydroxyl groups excluding tert-OH is 1. The van der Waals surface area contributed by atoms with Gasteiger partial charge in [0.05, 0.1) is 32.0 Å². The lowest BCUT2D eigenvalue weighted by Gasteiger charge is -2.32. The van der Waals surface area contributed by atoms with Crippen LogP contribution >= 0.6 is 7.82 Å². The summed E-state index contributed by atoms with van der Waals surface area (Å²) >= 11 is 0. The lowest BCUT2D eigenvalue weighted by Crippen LogP contribution is -2.52. The number of halogens is 2. The normalized spacial score (nSPS) is 12.9. The van der Waals surface area contributed by atoms with Gasteiger partial charge < -0.3 is 14.4 Å². The first kappa shape index (κ1) is 34.8. The third-order valence-corrected chi connectivity index (χ3v) is 7.54. The molecule has 0 fully saturated rings. The zero-order chi connectivity index (χ0) is 32.1. The number of carbonyl (C=O) groups excluding carboxylic acids is 2. The largest absolute Gasteiger partial charge is 0.474 e. The highest BCUT2D eigenvalue weighted by molar-refractivity contribution is 7.48. The first-order valence-electron chi connectivity index (χ1n) is 13.7. The Morgan fingerprint density at radius 2 is 1.75 bits per heavy atom. The average molecular weight is 641 g/mol. The number of phosphoric acid groups is 1. The number of amides is 2. The fourth-order valence-corrected chi connectivity index (χ4v) is 5.18. The maximum Gasteiger partial charge on any atom is 0.474 e. The fourth-order valence-electron chi connectivity index (χ4n) is 3.97. The van der Waals surface area contributed by atoms with Gasteiger partial charge in [-0.2, -0.15) is 0 Å². The van der Waals surface area contributed by atoms with E-state index in [4.69, 9.17) is 22.8 Å². The molecule has 1 heterocycles. The second kappa shape index (κ2) is 16.9. The lowest BCUT2D eigenvalue weighted by atomic mass is 10.1. The number of rotatable bonds is 17. The molecule has 0 saturated carbocycles. The maximum atomic E-state index is 14.3. The summed E-state index contributed by atoms with van der Waals surface area (Å²) in [4.78, 5) is 25.2. The van der Waals surface area contributed by atoms with Crippen molar-refractivity contribution in [3.05, 3.63) is 71.8 Å². The van der Waals surface area contributed by atoms with Crippen molar-refractivity contribution in [2.75, 3.05) is 31.7 Å². The number of hydrogen-bond donors (Lipinski definition) is 3. The topological polar surface area (TPSA) is 162 Å². The Labute approximate surface area is 253 Å². The molecule has 0 radical (unpaired) electrons. The molecule has 1 aromatic heterocycles. The molecule has 0 bridgehead atoms. The standard InChI is InChI=1S/C28H35F2N4O9P/c1-4-40-44(38,41-5-2)42-18-23(36)14-22(34(19(3)35)31-16-21-12-9-13-24(29)27(21)30)17-39-28(37)32-26-15-25(43-33-26)20-10-7-6-8-11-20/h6-13,15,22-23,31,36H,4-5,14,16-18H2,1-3H3,(H,32,33,37)/t22-,23+/m0/s1. The molecule has 3 rings (SSSR count). The van der Waals surface area contributed by atoms with Crippen molar-refractivity contribution in [3.8, 4) is 11.3 Å². The maximum absolute atomic E-state index is 14.3. The molecule has 0 aliphatic carbocycles. The Morgan fingerprint density at radius 1 is 1.05 bits per heavy atom. The monoisotopic (exact) mass is 640 g/mol. The van der Waals surface area contributed by atoms with E-state index in [0.29, 0.717) is 5.76 Å². The number of carbonyl (C=O) groups is 2. The zero-order valence-electron chi connectivity index (χ0n) is 24.4. The number of anilines is 1. The molecule has 16 heteroatoms. The van der Waals surface area contributed by atoms with E-state index in [2.05, 4.69) is 15.9 Å². The Morgan fingerprint density at radius 3 is 2.41 bits per heavy atom. The van der Waals surface area contributed by atoms with Crippen LogP contribution in [0.4, 0.5) is 19.4 Å². The molecular formula is C28H35F2N4O9P. The quantitative estimate of drug-likeness (QED) is 0.134. The number of hydrazine groups is 1. The van der Waals surface area contributed by atoms with Crippen LogP contribution in [-0.4, -0.2) is 65.8 Å². The van der Waals surface area contributed by atoms with Crippen molar-refractivity contribution in [2.45, 2.75) is 45.9 Å². The van der Waals surface area contributed by atoms with Crippen LogP contribution in [0.1, 0.15) is 32.8 Å². The summed E-state index contributed by atoms with van der Waals surface area (Å²) in [6, 6.07) is 13.0. The van der Waals surface area contributed by atoms with E-state index in [-0.39, 0.29) is 37.6 Å². The highest BCUT2D eigenvalue weighted by Crippen LogP contribution is 2.49. The van der Waals surface area contributed by atoms with Crippen molar-refractivity contribution in [3.63, 3.8) is 0 Å². The van der Waals surface area contributed by atoms with E-state index in [1.165, 1.54) is 25.1 Å². The van der Waals surface area contributed by atoms with Crippen molar-refractivity contribution < 1.29 is 50.9 Å². The predicted octanol–water partition coefficient (Wildman–Crippen LogP) is 5.04. The summed E-state index contributed by atoms with van der Waals surface area (Å²) in [5.74, 6) is -2.31. The lowest BCUT2D eigenvalue weighted by molar-refractivity contribution is -0.137. The highest BCUT2D eigenvalue weighted by atomic mass is 31.2. The Hall–Kier alpha value is -3.72. The number of aliphatic hydroxyl groups is 1. The molecule has 0 unspecified atom stereocenters. The van der Waals surface area contributed by atoms with E-state index in [0.717, 1.165) is 16.6 Å². The Kier molecular flexibility index (Phi) is 13.4. The van der Waals surface area contributed by atoms with Crippen LogP contribution in [0.25, 0.3) is 11.3 Å². The molecule has 240 valence electrons. The fraction of sp³-hybridized carbons (Fsp3) is 0.393. The first-order valence-corrected chi connectivity index (χ1v) is 15.1. The molecule has 13 nitrogen and oxygen atoms in total. The first-order chi connectivity index (χ1) is 21.0. The number of aromatic nitrogens is 1. The van der Waals surface area contributed by atoms with Gasteiger partial charge in [-0.25, -0.2) is 23.6 Å². The minimum absolute atomic E-state index is 0.0238. The Balaban J connectivity index is 1.71. The van der Waals surface area contributed by atoms with E-state index < -0.39 is 56.8 Å². The summed E-state index contributed by atoms with van der Waals surface area (Å²) in [5, 5.41) is 17.9. The zero-order valence-corrected chi connectivity index (χ0v) is 25.3. The molecule has 0 aliphatic rings. The summed E-state index contributed by atoms with van der Waals surface area (Å²) in [6.45, 7) is 3.09. The highest BCUT2D eigenvalue weighted by Gasteiger charge is 2.30. The van der Waals surface area contributed by atoms with E-state index in [1.807, 2.05) is 18.2 Å². The molecule has 0 saturated heterocycles. The molecule has 2 atom stereocenters. The summed E-state index contributed by atoms with van der Waals surface area (Å²) in [6.07, 6.45) is -2.59. The van der Waals surface area contributed by atoms with Crippen LogP contribution in [0.5, 0.6) is 0 Å². The SMILES string of the molecule is CCOP(=O)(OCC)OC[C@H](O)C[C@@H](COC(=O)Nc1cc(-c2ccccc2)on1)N(NCc1cccc(F)c1F)C(C)=O.